The molecular weight excluding hydrogens is 226 g/mol. The van der Waals surface area contributed by atoms with Crippen molar-refractivity contribution in [1.29, 1.82) is 0 Å². The molecule has 0 fully saturated rings. The number of rotatable bonds is 3. The Kier molecular flexibility index (Phi) is 3.39. The molecule has 2 aromatic rings. The Morgan fingerprint density at radius 3 is 2.80 bits per heavy atom. The Morgan fingerprint density at radius 2 is 2.27 bits per heavy atom. The summed E-state index contributed by atoms with van der Waals surface area (Å²) in [6.07, 6.45) is 4.20. The zero-order valence-corrected chi connectivity index (χ0v) is 10.1. The van der Waals surface area contributed by atoms with Crippen molar-refractivity contribution in [2.24, 2.45) is 0 Å². The highest BCUT2D eigenvalue weighted by atomic mass is 35.5. The van der Waals surface area contributed by atoms with Crippen molar-refractivity contribution in [3.8, 4) is 11.3 Å². The van der Waals surface area contributed by atoms with Gasteiger partial charge >= 0.3 is 0 Å². The molecule has 78 valence electrons. The molecule has 0 spiro atoms. The van der Waals surface area contributed by atoms with Gasteiger partial charge in [0.2, 0.25) is 0 Å². The number of halogens is 1. The molecule has 0 bridgehead atoms. The zero-order chi connectivity index (χ0) is 10.7. The summed E-state index contributed by atoms with van der Waals surface area (Å²) in [7, 11) is 0. The first-order chi connectivity index (χ1) is 7.29. The second kappa shape index (κ2) is 4.77. The van der Waals surface area contributed by atoms with E-state index in [2.05, 4.69) is 24.0 Å². The van der Waals surface area contributed by atoms with Gasteiger partial charge in [0.05, 0.1) is 10.0 Å². The molecule has 0 aliphatic rings. The van der Waals surface area contributed by atoms with Gasteiger partial charge in [-0.3, -0.25) is 4.98 Å². The molecule has 0 aliphatic carbocycles. The van der Waals surface area contributed by atoms with E-state index in [1.807, 2.05) is 17.6 Å². The van der Waals surface area contributed by atoms with Gasteiger partial charge in [0.15, 0.2) is 0 Å². The third-order valence-electron chi connectivity index (χ3n) is 2.23. The van der Waals surface area contributed by atoms with Gasteiger partial charge in [0.1, 0.15) is 0 Å². The van der Waals surface area contributed by atoms with E-state index in [9.17, 15) is 0 Å². The van der Waals surface area contributed by atoms with Gasteiger partial charge < -0.3 is 0 Å². The fraction of sp³-hybridized carbons (Fsp3) is 0.250. The van der Waals surface area contributed by atoms with Crippen molar-refractivity contribution >= 4 is 22.9 Å². The lowest BCUT2D eigenvalue weighted by molar-refractivity contribution is 0.914. The number of aryl methyl sites for hydroxylation is 1. The molecular formula is C12H12ClNS. The maximum absolute atomic E-state index is 5.88. The summed E-state index contributed by atoms with van der Waals surface area (Å²) in [6.45, 7) is 2.17. The van der Waals surface area contributed by atoms with E-state index in [0.717, 1.165) is 28.4 Å². The Bertz CT molecular complexity index is 433. The van der Waals surface area contributed by atoms with Crippen LogP contribution in [0.5, 0.6) is 0 Å². The molecule has 2 rings (SSSR count). The van der Waals surface area contributed by atoms with E-state index >= 15 is 0 Å². The van der Waals surface area contributed by atoms with Crippen molar-refractivity contribution < 1.29 is 0 Å². The quantitative estimate of drug-likeness (QED) is 0.770. The van der Waals surface area contributed by atoms with Crippen LogP contribution < -0.4 is 0 Å². The second-order valence-electron chi connectivity index (χ2n) is 3.44. The molecule has 2 heterocycles. The summed E-state index contributed by atoms with van der Waals surface area (Å²) in [5.74, 6) is 0. The van der Waals surface area contributed by atoms with Crippen LogP contribution in [0.2, 0.25) is 4.34 Å². The standard InChI is InChI=1S/C12H12ClNS/c1-2-3-9-4-5-11(14-7-9)10-6-12(13)15-8-10/h4-8H,2-3H2,1H3. The minimum Gasteiger partial charge on any atom is -0.256 e. The summed E-state index contributed by atoms with van der Waals surface area (Å²) < 4.78 is 0.810. The highest BCUT2D eigenvalue weighted by molar-refractivity contribution is 7.14. The number of thiophene rings is 1. The van der Waals surface area contributed by atoms with Gasteiger partial charge in [-0.15, -0.1) is 11.3 Å². The Morgan fingerprint density at radius 1 is 1.40 bits per heavy atom. The Balaban J connectivity index is 2.23. The maximum atomic E-state index is 5.88. The molecule has 0 saturated carbocycles. The van der Waals surface area contributed by atoms with Crippen LogP contribution in [0.25, 0.3) is 11.3 Å². The summed E-state index contributed by atoms with van der Waals surface area (Å²) in [5.41, 5.74) is 3.40. The van der Waals surface area contributed by atoms with E-state index in [-0.39, 0.29) is 0 Å². The number of hydrogen-bond donors (Lipinski definition) is 0. The fourth-order valence-corrected chi connectivity index (χ4v) is 2.35. The van der Waals surface area contributed by atoms with Gasteiger partial charge in [-0.1, -0.05) is 31.0 Å². The van der Waals surface area contributed by atoms with Crippen molar-refractivity contribution in [3.63, 3.8) is 0 Å². The normalized spacial score (nSPS) is 10.5. The third kappa shape index (κ3) is 2.58. The molecule has 0 N–H and O–H groups in total. The summed E-state index contributed by atoms with van der Waals surface area (Å²) in [5, 5.41) is 2.03. The highest BCUT2D eigenvalue weighted by Crippen LogP contribution is 2.27. The molecule has 1 nitrogen and oxygen atoms in total. The van der Waals surface area contributed by atoms with Crippen LogP contribution >= 0.6 is 22.9 Å². The second-order valence-corrected chi connectivity index (χ2v) is 4.98. The first-order valence-corrected chi connectivity index (χ1v) is 6.24. The predicted molar refractivity (Wildman–Crippen MR) is 66.6 cm³/mol. The number of pyridine rings is 1. The molecule has 2 aromatic heterocycles. The Labute approximate surface area is 98.7 Å². The van der Waals surface area contributed by atoms with Gasteiger partial charge in [-0.25, -0.2) is 0 Å². The SMILES string of the molecule is CCCc1ccc(-c2csc(Cl)c2)nc1. The molecule has 0 unspecified atom stereocenters. The van der Waals surface area contributed by atoms with Crippen molar-refractivity contribution in [1.82, 2.24) is 4.98 Å². The highest BCUT2D eigenvalue weighted by Gasteiger charge is 2.02. The first-order valence-electron chi connectivity index (χ1n) is 4.99. The summed E-state index contributed by atoms with van der Waals surface area (Å²) >= 11 is 7.42. The van der Waals surface area contributed by atoms with E-state index in [0.29, 0.717) is 0 Å². The van der Waals surface area contributed by atoms with Crippen molar-refractivity contribution in [2.45, 2.75) is 19.8 Å². The molecule has 0 aliphatic heterocycles. The van der Waals surface area contributed by atoms with Crippen LogP contribution in [-0.4, -0.2) is 4.98 Å². The van der Waals surface area contributed by atoms with Gasteiger partial charge in [0, 0.05) is 17.1 Å². The van der Waals surface area contributed by atoms with Crippen LogP contribution in [0.15, 0.2) is 29.8 Å². The Hall–Kier alpha value is -0.860. The molecule has 0 radical (unpaired) electrons. The molecule has 15 heavy (non-hydrogen) atoms. The predicted octanol–water partition coefficient (Wildman–Crippen LogP) is 4.42. The summed E-state index contributed by atoms with van der Waals surface area (Å²) in [6, 6.07) is 6.15. The van der Waals surface area contributed by atoms with Gasteiger partial charge in [0.25, 0.3) is 0 Å². The first kappa shape index (κ1) is 10.7. The molecule has 0 amide bonds. The largest absolute Gasteiger partial charge is 0.256 e. The van der Waals surface area contributed by atoms with E-state index in [1.54, 1.807) is 0 Å². The fourth-order valence-electron chi connectivity index (χ4n) is 1.48. The van der Waals surface area contributed by atoms with E-state index < -0.39 is 0 Å². The van der Waals surface area contributed by atoms with E-state index in [4.69, 9.17) is 11.6 Å². The topological polar surface area (TPSA) is 12.9 Å². The smallest absolute Gasteiger partial charge is 0.0935 e. The van der Waals surface area contributed by atoms with Crippen LogP contribution in [-0.2, 0) is 6.42 Å². The minimum absolute atomic E-state index is 0.810. The lowest BCUT2D eigenvalue weighted by atomic mass is 10.1. The monoisotopic (exact) mass is 237 g/mol. The molecule has 0 saturated heterocycles. The van der Waals surface area contributed by atoms with E-state index in [1.165, 1.54) is 16.9 Å². The van der Waals surface area contributed by atoms with Crippen LogP contribution in [0.4, 0.5) is 0 Å². The molecule has 0 atom stereocenters. The number of aromatic nitrogens is 1. The molecule has 3 heteroatoms. The van der Waals surface area contributed by atoms with Crippen LogP contribution in [0.3, 0.4) is 0 Å². The molecule has 0 aromatic carbocycles. The lowest BCUT2D eigenvalue weighted by Gasteiger charge is -1.99. The average Bonchev–Trinajstić information content (AvgIpc) is 2.67. The van der Waals surface area contributed by atoms with Gasteiger partial charge in [-0.05, 0) is 24.1 Å². The minimum atomic E-state index is 0.810. The third-order valence-corrected chi connectivity index (χ3v) is 3.32. The summed E-state index contributed by atoms with van der Waals surface area (Å²) in [4.78, 5) is 4.43. The van der Waals surface area contributed by atoms with Crippen molar-refractivity contribution in [3.05, 3.63) is 39.7 Å². The average molecular weight is 238 g/mol. The number of hydrogen-bond acceptors (Lipinski definition) is 2. The van der Waals surface area contributed by atoms with Gasteiger partial charge in [-0.2, -0.15) is 0 Å². The lowest BCUT2D eigenvalue weighted by Crippen LogP contribution is -1.86. The zero-order valence-electron chi connectivity index (χ0n) is 8.53. The van der Waals surface area contributed by atoms with Crippen molar-refractivity contribution in [2.75, 3.05) is 0 Å². The van der Waals surface area contributed by atoms with Crippen LogP contribution in [0, 0.1) is 0 Å². The maximum Gasteiger partial charge on any atom is 0.0935 e. The number of nitrogens with zero attached hydrogens (tertiary/aromatic N) is 1. The van der Waals surface area contributed by atoms with Crippen LogP contribution in [0.1, 0.15) is 18.9 Å².